The van der Waals surface area contributed by atoms with Gasteiger partial charge in [0.25, 0.3) is 5.91 Å². The molecular weight excluding hydrogens is 356 g/mol. The van der Waals surface area contributed by atoms with Crippen molar-refractivity contribution in [3.63, 3.8) is 0 Å². The molecule has 27 heavy (non-hydrogen) atoms. The van der Waals surface area contributed by atoms with Crippen LogP contribution in [-0.2, 0) is 6.42 Å². The van der Waals surface area contributed by atoms with Gasteiger partial charge in [-0.15, -0.1) is 11.8 Å². The number of nitrogens with zero attached hydrogens (tertiary/aromatic N) is 2. The minimum Gasteiger partial charge on any atom is -0.391 e. The molecule has 0 aliphatic carbocycles. The van der Waals surface area contributed by atoms with Crippen LogP contribution in [0.1, 0.15) is 15.9 Å². The lowest BCUT2D eigenvalue weighted by Crippen LogP contribution is -2.29. The van der Waals surface area contributed by atoms with Gasteiger partial charge in [0.05, 0.1) is 11.6 Å². The van der Waals surface area contributed by atoms with Gasteiger partial charge in [-0.2, -0.15) is 0 Å². The molecule has 2 heterocycles. The second-order valence-electron chi connectivity index (χ2n) is 6.96. The Bertz CT molecular complexity index is 970. The number of hydrogen-bond acceptors (Lipinski definition) is 4. The average Bonchev–Trinajstić information content (AvgIpc) is 3.08. The number of likely N-dealkylation sites (tertiary alicyclic amines) is 1. The molecule has 1 aromatic heterocycles. The van der Waals surface area contributed by atoms with Crippen molar-refractivity contribution in [3.05, 3.63) is 71.9 Å². The van der Waals surface area contributed by atoms with Crippen LogP contribution < -0.4 is 0 Å². The minimum atomic E-state index is -0.510. The number of benzene rings is 2. The zero-order chi connectivity index (χ0) is 18.8. The van der Waals surface area contributed by atoms with Gasteiger partial charge in [-0.05, 0) is 48.6 Å². The first-order valence-corrected chi connectivity index (χ1v) is 10.3. The highest BCUT2D eigenvalue weighted by Crippen LogP contribution is 2.27. The van der Waals surface area contributed by atoms with E-state index in [1.165, 1.54) is 5.56 Å². The van der Waals surface area contributed by atoms with Crippen LogP contribution in [-0.4, -0.2) is 46.3 Å². The normalized spacial score (nSPS) is 19.6. The Morgan fingerprint density at radius 1 is 1.19 bits per heavy atom. The summed E-state index contributed by atoms with van der Waals surface area (Å²) in [7, 11) is 0. The average molecular weight is 378 g/mol. The predicted octanol–water partition coefficient (Wildman–Crippen LogP) is 3.63. The van der Waals surface area contributed by atoms with Gasteiger partial charge in [-0.25, -0.2) is 0 Å². The molecule has 0 saturated carbocycles. The predicted molar refractivity (Wildman–Crippen MR) is 109 cm³/mol. The second-order valence-corrected chi connectivity index (χ2v) is 7.84. The maximum absolute atomic E-state index is 12.9. The van der Waals surface area contributed by atoms with Crippen molar-refractivity contribution >= 4 is 28.6 Å². The number of pyridine rings is 1. The lowest BCUT2D eigenvalue weighted by Gasteiger charge is -2.17. The summed E-state index contributed by atoms with van der Waals surface area (Å²) in [6.45, 7) is 0.955. The second kappa shape index (κ2) is 7.71. The first kappa shape index (κ1) is 18.0. The zero-order valence-electron chi connectivity index (χ0n) is 15.2. The van der Waals surface area contributed by atoms with Crippen molar-refractivity contribution in [2.45, 2.75) is 17.4 Å². The van der Waals surface area contributed by atoms with Gasteiger partial charge in [0.15, 0.2) is 0 Å². The number of β-amino-alcohol motifs (C(OH)–C–C–N with tert-alkyl or cyclic N) is 1. The molecule has 138 valence electrons. The molecule has 4 rings (SSSR count). The molecule has 2 aromatic carbocycles. The number of rotatable bonds is 4. The van der Waals surface area contributed by atoms with E-state index in [1.807, 2.05) is 61.0 Å². The summed E-state index contributed by atoms with van der Waals surface area (Å²) in [5.74, 6) is 0.0236. The SMILES string of the molecule is CSc1cccc(C(=O)N2C[C@@H](Cc3ccnc4ccccc34)[C@@H](O)C2)c1. The van der Waals surface area contributed by atoms with E-state index in [2.05, 4.69) is 11.1 Å². The summed E-state index contributed by atoms with van der Waals surface area (Å²) in [4.78, 5) is 20.1. The lowest BCUT2D eigenvalue weighted by molar-refractivity contribution is 0.0764. The molecule has 1 N–H and O–H groups in total. The van der Waals surface area contributed by atoms with Crippen LogP contribution in [0.3, 0.4) is 0 Å². The molecule has 0 unspecified atom stereocenters. The lowest BCUT2D eigenvalue weighted by atomic mass is 9.94. The number of para-hydroxylation sites is 1. The summed E-state index contributed by atoms with van der Waals surface area (Å²) in [5, 5.41) is 11.7. The van der Waals surface area contributed by atoms with Crippen molar-refractivity contribution in [2.75, 3.05) is 19.3 Å². The van der Waals surface area contributed by atoms with Crippen molar-refractivity contribution < 1.29 is 9.90 Å². The van der Waals surface area contributed by atoms with Gasteiger partial charge in [0.1, 0.15) is 0 Å². The molecule has 2 atom stereocenters. The third kappa shape index (κ3) is 3.70. The van der Waals surface area contributed by atoms with Gasteiger partial charge >= 0.3 is 0 Å². The van der Waals surface area contributed by atoms with Crippen LogP contribution in [0.4, 0.5) is 0 Å². The molecule has 1 fully saturated rings. The highest BCUT2D eigenvalue weighted by Gasteiger charge is 2.34. The maximum Gasteiger partial charge on any atom is 0.253 e. The summed E-state index contributed by atoms with van der Waals surface area (Å²) >= 11 is 1.62. The Hall–Kier alpha value is -2.37. The summed E-state index contributed by atoms with van der Waals surface area (Å²) in [5.41, 5.74) is 2.82. The molecule has 3 aromatic rings. The van der Waals surface area contributed by atoms with E-state index < -0.39 is 6.10 Å². The molecule has 5 heteroatoms. The molecule has 0 spiro atoms. The molecule has 1 saturated heterocycles. The fraction of sp³-hybridized carbons (Fsp3) is 0.273. The molecule has 4 nitrogen and oxygen atoms in total. The first-order valence-electron chi connectivity index (χ1n) is 9.09. The molecule has 0 bridgehead atoms. The third-order valence-electron chi connectivity index (χ3n) is 5.23. The Balaban J connectivity index is 1.52. The van der Waals surface area contributed by atoms with Crippen molar-refractivity contribution in [2.24, 2.45) is 5.92 Å². The van der Waals surface area contributed by atoms with Gasteiger partial charge in [0, 0.05) is 41.0 Å². The summed E-state index contributed by atoms with van der Waals surface area (Å²) in [6.07, 6.45) is 4.04. The van der Waals surface area contributed by atoms with E-state index in [4.69, 9.17) is 0 Å². The van der Waals surface area contributed by atoms with E-state index in [-0.39, 0.29) is 11.8 Å². The van der Waals surface area contributed by atoms with Crippen molar-refractivity contribution in [3.8, 4) is 0 Å². The van der Waals surface area contributed by atoms with E-state index in [9.17, 15) is 9.90 Å². The molecule has 1 aliphatic heterocycles. The van der Waals surface area contributed by atoms with E-state index in [0.717, 1.165) is 22.2 Å². The minimum absolute atomic E-state index is 0.00737. The molecule has 1 amide bonds. The summed E-state index contributed by atoms with van der Waals surface area (Å²) in [6, 6.07) is 17.7. The smallest absolute Gasteiger partial charge is 0.253 e. The number of hydrogen-bond donors (Lipinski definition) is 1. The Labute approximate surface area is 163 Å². The van der Waals surface area contributed by atoms with E-state index >= 15 is 0 Å². The first-order chi connectivity index (χ1) is 13.2. The maximum atomic E-state index is 12.9. The Kier molecular flexibility index (Phi) is 5.14. The number of carbonyl (C=O) groups is 1. The van der Waals surface area contributed by atoms with Crippen molar-refractivity contribution in [1.29, 1.82) is 0 Å². The third-order valence-corrected chi connectivity index (χ3v) is 5.96. The number of carbonyl (C=O) groups excluding carboxylic acids is 1. The van der Waals surface area contributed by atoms with E-state index in [0.29, 0.717) is 18.7 Å². The van der Waals surface area contributed by atoms with Gasteiger partial charge in [-0.1, -0.05) is 24.3 Å². The highest BCUT2D eigenvalue weighted by molar-refractivity contribution is 7.98. The Morgan fingerprint density at radius 3 is 2.89 bits per heavy atom. The number of aliphatic hydroxyl groups excluding tert-OH is 1. The number of thioether (sulfide) groups is 1. The van der Waals surface area contributed by atoms with Gasteiger partial charge < -0.3 is 10.0 Å². The van der Waals surface area contributed by atoms with Crippen LogP contribution in [0.5, 0.6) is 0 Å². The number of aromatic nitrogens is 1. The number of amides is 1. The number of aliphatic hydroxyl groups is 1. The van der Waals surface area contributed by atoms with Crippen LogP contribution in [0.15, 0.2) is 65.7 Å². The largest absolute Gasteiger partial charge is 0.391 e. The van der Waals surface area contributed by atoms with Crippen molar-refractivity contribution in [1.82, 2.24) is 9.88 Å². The van der Waals surface area contributed by atoms with Gasteiger partial charge in [-0.3, -0.25) is 9.78 Å². The van der Waals surface area contributed by atoms with Gasteiger partial charge in [0.2, 0.25) is 0 Å². The topological polar surface area (TPSA) is 53.4 Å². The van der Waals surface area contributed by atoms with E-state index in [1.54, 1.807) is 16.7 Å². The quantitative estimate of drug-likeness (QED) is 0.705. The molecular formula is C22H22N2O2S. The fourth-order valence-corrected chi connectivity index (χ4v) is 4.23. The van der Waals surface area contributed by atoms with Crippen LogP contribution in [0.25, 0.3) is 10.9 Å². The monoisotopic (exact) mass is 378 g/mol. The standard InChI is InChI=1S/C22H22N2O2S/c1-27-18-6-4-5-16(12-18)22(26)24-13-17(21(25)14-24)11-15-9-10-23-20-8-3-2-7-19(15)20/h2-10,12,17,21,25H,11,13-14H2,1H3/t17-,21+/m1/s1. The fourth-order valence-electron chi connectivity index (χ4n) is 3.77. The molecule has 0 radical (unpaired) electrons. The van der Waals surface area contributed by atoms with Crippen LogP contribution >= 0.6 is 11.8 Å². The van der Waals surface area contributed by atoms with Crippen LogP contribution in [0, 0.1) is 5.92 Å². The Morgan fingerprint density at radius 2 is 2.04 bits per heavy atom. The zero-order valence-corrected chi connectivity index (χ0v) is 16.0. The van der Waals surface area contributed by atoms with Crippen LogP contribution in [0.2, 0.25) is 0 Å². The highest BCUT2D eigenvalue weighted by atomic mass is 32.2. The number of fused-ring (bicyclic) bond motifs is 1. The summed E-state index contributed by atoms with van der Waals surface area (Å²) < 4.78 is 0. The molecule has 1 aliphatic rings.